The van der Waals surface area contributed by atoms with Crippen molar-refractivity contribution in [2.45, 2.75) is 52.6 Å². The third-order valence-electron chi connectivity index (χ3n) is 5.97. The summed E-state index contributed by atoms with van der Waals surface area (Å²) in [4.78, 5) is 15.0. The third-order valence-corrected chi connectivity index (χ3v) is 5.97. The van der Waals surface area contributed by atoms with E-state index < -0.39 is 0 Å². The Morgan fingerprint density at radius 1 is 1.17 bits per heavy atom. The summed E-state index contributed by atoms with van der Waals surface area (Å²) < 4.78 is 5.35. The molecular weight excluding hydrogens is 298 g/mol. The number of esters is 1. The van der Waals surface area contributed by atoms with Crippen LogP contribution in [0.25, 0.3) is 0 Å². The van der Waals surface area contributed by atoms with E-state index in [9.17, 15) is 4.79 Å². The minimum Gasteiger partial charge on any atom is -0.466 e. The first kappa shape index (κ1) is 17.5. The van der Waals surface area contributed by atoms with E-state index in [-0.39, 0.29) is 11.9 Å². The molecule has 3 nitrogen and oxygen atoms in total. The van der Waals surface area contributed by atoms with Crippen LogP contribution in [0.4, 0.5) is 0 Å². The third kappa shape index (κ3) is 3.83. The predicted octanol–water partition coefficient (Wildman–Crippen LogP) is 4.12. The van der Waals surface area contributed by atoms with Crippen molar-refractivity contribution in [1.82, 2.24) is 4.90 Å². The second-order valence-corrected chi connectivity index (χ2v) is 7.88. The van der Waals surface area contributed by atoms with E-state index in [1.165, 1.54) is 18.4 Å². The Kier molecular flexibility index (Phi) is 5.60. The second-order valence-electron chi connectivity index (χ2n) is 7.88. The molecule has 0 N–H and O–H groups in total. The van der Waals surface area contributed by atoms with Crippen LogP contribution in [-0.2, 0) is 16.1 Å². The summed E-state index contributed by atoms with van der Waals surface area (Å²) in [6.07, 6.45) is 3.55. The lowest BCUT2D eigenvalue weighted by molar-refractivity contribution is -0.153. The summed E-state index contributed by atoms with van der Waals surface area (Å²) in [5, 5.41) is 0. The molecule has 1 heterocycles. The molecule has 0 amide bonds. The van der Waals surface area contributed by atoms with Crippen LogP contribution >= 0.6 is 0 Å². The number of rotatable bonds is 4. The minimum atomic E-state index is -0.000154. The Bertz CT molecular complexity index is 544. The van der Waals surface area contributed by atoms with Gasteiger partial charge in [0.15, 0.2) is 0 Å². The molecule has 3 rings (SSSR count). The van der Waals surface area contributed by atoms with E-state index in [4.69, 9.17) is 4.74 Å². The Balaban J connectivity index is 1.80. The number of carbonyl (C=O) groups is 1. The minimum absolute atomic E-state index is 0.000154. The summed E-state index contributed by atoms with van der Waals surface area (Å²) in [5.41, 5.74) is 1.34. The largest absolute Gasteiger partial charge is 0.466 e. The van der Waals surface area contributed by atoms with E-state index in [0.717, 1.165) is 25.4 Å². The Morgan fingerprint density at radius 3 is 2.62 bits per heavy atom. The van der Waals surface area contributed by atoms with Gasteiger partial charge < -0.3 is 4.74 Å². The highest BCUT2D eigenvalue weighted by Crippen LogP contribution is 2.43. The van der Waals surface area contributed by atoms with Gasteiger partial charge in [0, 0.05) is 19.1 Å². The molecule has 1 saturated carbocycles. The molecule has 5 atom stereocenters. The molecule has 0 spiro atoms. The lowest BCUT2D eigenvalue weighted by Crippen LogP contribution is -2.54. The van der Waals surface area contributed by atoms with Gasteiger partial charge in [-0.3, -0.25) is 9.69 Å². The van der Waals surface area contributed by atoms with E-state index >= 15 is 0 Å². The van der Waals surface area contributed by atoms with Crippen molar-refractivity contribution >= 4 is 5.97 Å². The zero-order valence-electron chi connectivity index (χ0n) is 15.3. The summed E-state index contributed by atoms with van der Waals surface area (Å²) in [6, 6.07) is 11.3. The van der Waals surface area contributed by atoms with Gasteiger partial charge in [-0.2, -0.15) is 0 Å². The molecule has 0 radical (unpaired) electrons. The van der Waals surface area contributed by atoms with Crippen LogP contribution in [0.1, 0.15) is 45.6 Å². The van der Waals surface area contributed by atoms with E-state index in [1.807, 2.05) is 6.92 Å². The first-order valence-electron chi connectivity index (χ1n) is 9.53. The molecule has 0 aromatic heterocycles. The smallest absolute Gasteiger partial charge is 0.310 e. The molecule has 24 heavy (non-hydrogen) atoms. The molecule has 1 saturated heterocycles. The molecular formula is C21H31NO2. The van der Waals surface area contributed by atoms with Gasteiger partial charge in [0.1, 0.15) is 0 Å². The fourth-order valence-corrected chi connectivity index (χ4v) is 4.93. The summed E-state index contributed by atoms with van der Waals surface area (Å²) in [6.45, 7) is 8.92. The quantitative estimate of drug-likeness (QED) is 0.778. The van der Waals surface area contributed by atoms with Crippen LogP contribution in [0.5, 0.6) is 0 Å². The number of fused-ring (bicyclic) bond motifs is 1. The zero-order chi connectivity index (χ0) is 17.1. The van der Waals surface area contributed by atoms with E-state index in [0.29, 0.717) is 24.5 Å². The summed E-state index contributed by atoms with van der Waals surface area (Å²) >= 11 is 0. The fourth-order valence-electron chi connectivity index (χ4n) is 4.93. The SMILES string of the molecule is CCOC(=O)[C@H]1C[C@H]2C(C)CC(C)C[C@H]2N(Cc2ccccc2)C1. The molecule has 1 aliphatic heterocycles. The maximum Gasteiger partial charge on any atom is 0.310 e. The van der Waals surface area contributed by atoms with Crippen LogP contribution in [0.15, 0.2) is 30.3 Å². The molecule has 3 heteroatoms. The molecule has 1 aliphatic carbocycles. The molecule has 1 aromatic carbocycles. The molecule has 1 aromatic rings. The molecule has 2 unspecified atom stereocenters. The average Bonchev–Trinajstić information content (AvgIpc) is 2.56. The lowest BCUT2D eigenvalue weighted by Gasteiger charge is -2.50. The highest BCUT2D eigenvalue weighted by Gasteiger charge is 2.44. The maximum absolute atomic E-state index is 12.4. The number of nitrogens with zero attached hydrogens (tertiary/aromatic N) is 1. The van der Waals surface area contributed by atoms with Gasteiger partial charge in [0.2, 0.25) is 0 Å². The predicted molar refractivity (Wildman–Crippen MR) is 96.4 cm³/mol. The van der Waals surface area contributed by atoms with E-state index in [2.05, 4.69) is 49.1 Å². The molecule has 132 valence electrons. The van der Waals surface area contributed by atoms with Crippen LogP contribution in [-0.4, -0.2) is 30.1 Å². The van der Waals surface area contributed by atoms with Crippen LogP contribution in [0, 0.1) is 23.7 Å². The number of likely N-dealkylation sites (tertiary alicyclic amines) is 1. The summed E-state index contributed by atoms with van der Waals surface area (Å²) in [7, 11) is 0. The monoisotopic (exact) mass is 329 g/mol. The molecule has 0 bridgehead atoms. The van der Waals surface area contributed by atoms with Crippen molar-refractivity contribution in [2.24, 2.45) is 23.7 Å². The van der Waals surface area contributed by atoms with Gasteiger partial charge in [-0.25, -0.2) is 0 Å². The topological polar surface area (TPSA) is 29.5 Å². The van der Waals surface area contributed by atoms with Crippen LogP contribution < -0.4 is 0 Å². The van der Waals surface area contributed by atoms with Gasteiger partial charge in [0.25, 0.3) is 0 Å². The van der Waals surface area contributed by atoms with Crippen molar-refractivity contribution in [1.29, 1.82) is 0 Å². The number of carbonyl (C=O) groups excluding carboxylic acids is 1. The lowest BCUT2D eigenvalue weighted by atomic mass is 9.66. The summed E-state index contributed by atoms with van der Waals surface area (Å²) in [5.74, 6) is 2.12. The van der Waals surface area contributed by atoms with Crippen molar-refractivity contribution in [3.63, 3.8) is 0 Å². The average molecular weight is 329 g/mol. The van der Waals surface area contributed by atoms with E-state index in [1.54, 1.807) is 0 Å². The first-order chi connectivity index (χ1) is 11.6. The fraction of sp³-hybridized carbons (Fsp3) is 0.667. The van der Waals surface area contributed by atoms with Crippen LogP contribution in [0.2, 0.25) is 0 Å². The number of hydrogen-bond donors (Lipinski definition) is 0. The van der Waals surface area contributed by atoms with Gasteiger partial charge in [-0.1, -0.05) is 44.2 Å². The standard InChI is InChI=1S/C21H31NO2/c1-4-24-21(23)18-12-19-16(3)10-15(2)11-20(19)22(14-18)13-17-8-6-5-7-9-17/h5-9,15-16,18-20H,4,10-14H2,1-3H3/t15?,16?,18-,19-,20+/m0/s1. The normalized spacial score (nSPS) is 33.7. The van der Waals surface area contributed by atoms with Crippen molar-refractivity contribution in [3.8, 4) is 0 Å². The number of hydrogen-bond acceptors (Lipinski definition) is 3. The van der Waals surface area contributed by atoms with Crippen LogP contribution in [0.3, 0.4) is 0 Å². The molecule has 2 aliphatic rings. The Morgan fingerprint density at radius 2 is 1.92 bits per heavy atom. The Hall–Kier alpha value is -1.35. The van der Waals surface area contributed by atoms with Gasteiger partial charge in [-0.05, 0) is 49.5 Å². The highest BCUT2D eigenvalue weighted by molar-refractivity contribution is 5.72. The van der Waals surface area contributed by atoms with Gasteiger partial charge in [0.05, 0.1) is 12.5 Å². The molecule has 2 fully saturated rings. The maximum atomic E-state index is 12.4. The van der Waals surface area contributed by atoms with Gasteiger partial charge in [-0.15, -0.1) is 0 Å². The van der Waals surface area contributed by atoms with Crippen molar-refractivity contribution in [2.75, 3.05) is 13.2 Å². The van der Waals surface area contributed by atoms with Crippen molar-refractivity contribution < 1.29 is 9.53 Å². The number of ether oxygens (including phenoxy) is 1. The second kappa shape index (κ2) is 7.69. The highest BCUT2D eigenvalue weighted by atomic mass is 16.5. The van der Waals surface area contributed by atoms with Crippen molar-refractivity contribution in [3.05, 3.63) is 35.9 Å². The number of benzene rings is 1. The van der Waals surface area contributed by atoms with Gasteiger partial charge >= 0.3 is 5.97 Å². The zero-order valence-corrected chi connectivity index (χ0v) is 15.3. The first-order valence-corrected chi connectivity index (χ1v) is 9.53. The Labute approximate surface area is 146 Å². The number of piperidine rings is 1.